The van der Waals surface area contributed by atoms with Crippen molar-refractivity contribution in [1.29, 1.82) is 0 Å². The largest absolute Gasteiger partial charge is 0.493 e. The first-order chi connectivity index (χ1) is 9.60. The Bertz CT molecular complexity index is 581. The first-order valence-electron chi connectivity index (χ1n) is 6.38. The van der Waals surface area contributed by atoms with E-state index in [1.807, 2.05) is 13.8 Å². The summed E-state index contributed by atoms with van der Waals surface area (Å²) in [5, 5.41) is 14.9. The minimum atomic E-state index is -0.918. The zero-order valence-corrected chi connectivity index (χ0v) is 12.1. The van der Waals surface area contributed by atoms with Gasteiger partial charge in [-0.1, -0.05) is 0 Å². The van der Waals surface area contributed by atoms with Crippen LogP contribution in [0.15, 0.2) is 24.5 Å². The van der Waals surface area contributed by atoms with E-state index in [2.05, 4.69) is 10.1 Å². The van der Waals surface area contributed by atoms with Crippen LogP contribution >= 0.6 is 0 Å². The zero-order chi connectivity index (χ0) is 14.7. The molecule has 0 fully saturated rings. The summed E-state index contributed by atoms with van der Waals surface area (Å²) in [7, 11) is 3.08. The van der Waals surface area contributed by atoms with E-state index in [-0.39, 0.29) is 6.04 Å². The highest BCUT2D eigenvalue weighted by Gasteiger charge is 2.25. The fourth-order valence-corrected chi connectivity index (χ4v) is 2.11. The average Bonchev–Trinajstić information content (AvgIpc) is 2.90. The van der Waals surface area contributed by atoms with Crippen LogP contribution in [0.4, 0.5) is 0 Å². The maximum atomic E-state index is 10.7. The van der Waals surface area contributed by atoms with Crippen molar-refractivity contribution in [2.45, 2.75) is 26.0 Å². The molecule has 6 heteroatoms. The van der Waals surface area contributed by atoms with Crippen molar-refractivity contribution < 1.29 is 14.6 Å². The van der Waals surface area contributed by atoms with E-state index in [0.29, 0.717) is 22.9 Å². The number of nitrogens with zero attached hydrogens (tertiary/aromatic N) is 3. The minimum Gasteiger partial charge on any atom is -0.493 e. The number of hydrogen-bond acceptors (Lipinski definition) is 5. The molecule has 0 bridgehead atoms. The first-order valence-corrected chi connectivity index (χ1v) is 6.38. The van der Waals surface area contributed by atoms with Gasteiger partial charge in [-0.25, -0.2) is 4.98 Å². The van der Waals surface area contributed by atoms with Gasteiger partial charge in [-0.3, -0.25) is 4.68 Å². The van der Waals surface area contributed by atoms with Crippen LogP contribution in [-0.4, -0.2) is 34.1 Å². The molecule has 108 valence electrons. The van der Waals surface area contributed by atoms with E-state index in [9.17, 15) is 5.11 Å². The van der Waals surface area contributed by atoms with Gasteiger partial charge in [0, 0.05) is 17.8 Å². The van der Waals surface area contributed by atoms with E-state index in [4.69, 9.17) is 9.47 Å². The quantitative estimate of drug-likeness (QED) is 0.904. The lowest BCUT2D eigenvalue weighted by Crippen LogP contribution is -2.14. The van der Waals surface area contributed by atoms with Gasteiger partial charge in [0.1, 0.15) is 11.8 Å². The number of methoxy groups -OCH3 is 2. The Morgan fingerprint density at radius 2 is 2.00 bits per heavy atom. The van der Waals surface area contributed by atoms with Gasteiger partial charge in [-0.15, -0.1) is 0 Å². The number of ether oxygens (including phenoxy) is 2. The molecule has 1 N–H and O–H groups in total. The maximum absolute atomic E-state index is 10.7. The monoisotopic (exact) mass is 277 g/mol. The number of hydrogen-bond donors (Lipinski definition) is 1. The molecule has 0 saturated carbocycles. The molecule has 1 atom stereocenters. The number of aromatic nitrogens is 3. The molecule has 6 nitrogen and oxygen atoms in total. The molecular weight excluding hydrogens is 258 g/mol. The van der Waals surface area contributed by atoms with Gasteiger partial charge in [0.25, 0.3) is 0 Å². The summed E-state index contributed by atoms with van der Waals surface area (Å²) in [6.07, 6.45) is 2.30. The Morgan fingerprint density at radius 1 is 1.25 bits per heavy atom. The van der Waals surface area contributed by atoms with Crippen molar-refractivity contribution in [3.05, 3.63) is 35.8 Å². The lowest BCUT2D eigenvalue weighted by Gasteiger charge is -2.18. The molecule has 2 heterocycles. The Labute approximate surface area is 118 Å². The van der Waals surface area contributed by atoms with Gasteiger partial charge in [0.15, 0.2) is 5.75 Å². The molecule has 0 spiro atoms. The van der Waals surface area contributed by atoms with Crippen molar-refractivity contribution in [3.63, 3.8) is 0 Å². The Hall–Kier alpha value is -2.08. The van der Waals surface area contributed by atoms with Crippen molar-refractivity contribution in [1.82, 2.24) is 14.8 Å². The molecule has 2 aromatic heterocycles. The van der Waals surface area contributed by atoms with Gasteiger partial charge < -0.3 is 14.6 Å². The van der Waals surface area contributed by atoms with E-state index in [0.717, 1.165) is 0 Å². The van der Waals surface area contributed by atoms with Crippen LogP contribution in [0.25, 0.3) is 0 Å². The van der Waals surface area contributed by atoms with Gasteiger partial charge in [0.2, 0.25) is 5.88 Å². The predicted molar refractivity (Wildman–Crippen MR) is 74.0 cm³/mol. The molecule has 2 rings (SSSR count). The summed E-state index contributed by atoms with van der Waals surface area (Å²) >= 11 is 0. The van der Waals surface area contributed by atoms with Crippen LogP contribution in [0, 0.1) is 0 Å². The molecular formula is C14H19N3O3. The van der Waals surface area contributed by atoms with Crippen LogP contribution in [0.2, 0.25) is 0 Å². The van der Waals surface area contributed by atoms with Crippen LogP contribution in [0.3, 0.4) is 0 Å². The highest BCUT2D eigenvalue weighted by Crippen LogP contribution is 2.34. The summed E-state index contributed by atoms with van der Waals surface area (Å²) in [6, 6.07) is 3.63. The fraction of sp³-hybridized carbons (Fsp3) is 0.429. The normalized spacial score (nSPS) is 12.5. The maximum Gasteiger partial charge on any atom is 0.219 e. The zero-order valence-electron chi connectivity index (χ0n) is 12.1. The molecule has 0 aromatic carbocycles. The third-order valence-electron chi connectivity index (χ3n) is 3.06. The SMILES string of the molecule is COc1cnn(C(C)C)c1C(O)c1cccnc1OC. The molecule has 20 heavy (non-hydrogen) atoms. The summed E-state index contributed by atoms with van der Waals surface area (Å²) in [5.74, 6) is 0.927. The van der Waals surface area contributed by atoms with Gasteiger partial charge >= 0.3 is 0 Å². The van der Waals surface area contributed by atoms with Crippen molar-refractivity contribution in [3.8, 4) is 11.6 Å². The standard InChI is InChI=1S/C14H19N3O3/c1-9(2)17-12(11(19-3)8-16-17)13(18)10-6-5-7-15-14(10)20-4/h5-9,13,18H,1-4H3. The molecule has 0 saturated heterocycles. The van der Waals surface area contributed by atoms with Crippen molar-refractivity contribution in [2.75, 3.05) is 14.2 Å². The second-order valence-corrected chi connectivity index (χ2v) is 4.64. The highest BCUT2D eigenvalue weighted by atomic mass is 16.5. The Morgan fingerprint density at radius 3 is 2.60 bits per heavy atom. The van der Waals surface area contributed by atoms with Crippen LogP contribution in [0.1, 0.15) is 37.3 Å². The molecule has 2 aromatic rings. The Kier molecular flexibility index (Phi) is 4.24. The minimum absolute atomic E-state index is 0.103. The van der Waals surface area contributed by atoms with Crippen LogP contribution in [0.5, 0.6) is 11.6 Å². The predicted octanol–water partition coefficient (Wildman–Crippen LogP) is 1.96. The van der Waals surface area contributed by atoms with Crippen molar-refractivity contribution >= 4 is 0 Å². The second-order valence-electron chi connectivity index (χ2n) is 4.64. The highest BCUT2D eigenvalue weighted by molar-refractivity contribution is 5.39. The third kappa shape index (κ3) is 2.46. The first kappa shape index (κ1) is 14.3. The van der Waals surface area contributed by atoms with Crippen LogP contribution < -0.4 is 9.47 Å². The molecule has 0 aliphatic heterocycles. The lowest BCUT2D eigenvalue weighted by molar-refractivity contribution is 0.194. The van der Waals surface area contributed by atoms with E-state index in [1.54, 1.807) is 36.3 Å². The van der Waals surface area contributed by atoms with Gasteiger partial charge in [0.05, 0.1) is 20.4 Å². The molecule has 1 unspecified atom stereocenters. The number of pyridine rings is 1. The third-order valence-corrected chi connectivity index (χ3v) is 3.06. The molecule has 0 amide bonds. The molecule has 0 radical (unpaired) electrons. The topological polar surface area (TPSA) is 69.4 Å². The van der Waals surface area contributed by atoms with E-state index < -0.39 is 6.10 Å². The number of rotatable bonds is 5. The van der Waals surface area contributed by atoms with E-state index >= 15 is 0 Å². The number of aliphatic hydroxyl groups is 1. The summed E-state index contributed by atoms with van der Waals surface area (Å²) in [4.78, 5) is 4.11. The smallest absolute Gasteiger partial charge is 0.219 e. The van der Waals surface area contributed by atoms with E-state index in [1.165, 1.54) is 7.11 Å². The summed E-state index contributed by atoms with van der Waals surface area (Å²) in [5.41, 5.74) is 1.17. The Balaban J connectivity index is 2.52. The van der Waals surface area contributed by atoms with Gasteiger partial charge in [-0.2, -0.15) is 5.10 Å². The average molecular weight is 277 g/mol. The number of aliphatic hydroxyl groups excluding tert-OH is 1. The lowest BCUT2D eigenvalue weighted by atomic mass is 10.1. The summed E-state index contributed by atoms with van der Waals surface area (Å²) < 4.78 is 12.2. The van der Waals surface area contributed by atoms with Crippen LogP contribution in [-0.2, 0) is 0 Å². The molecule has 0 aliphatic carbocycles. The molecule has 0 aliphatic rings. The fourth-order valence-electron chi connectivity index (χ4n) is 2.11. The summed E-state index contributed by atoms with van der Waals surface area (Å²) in [6.45, 7) is 3.98. The van der Waals surface area contributed by atoms with Crippen molar-refractivity contribution in [2.24, 2.45) is 0 Å². The van der Waals surface area contributed by atoms with Gasteiger partial charge in [-0.05, 0) is 26.0 Å². The second kappa shape index (κ2) is 5.92.